The van der Waals surface area contributed by atoms with Gasteiger partial charge in [0.25, 0.3) is 0 Å². The Bertz CT molecular complexity index is 699. The molecular weight excluding hydrogens is 298 g/mol. The van der Waals surface area contributed by atoms with Crippen LogP contribution < -0.4 is 14.2 Å². The number of aromatic nitrogens is 1. The summed E-state index contributed by atoms with van der Waals surface area (Å²) in [6.07, 6.45) is 3.12. The van der Waals surface area contributed by atoms with Crippen LogP contribution in [0.25, 0.3) is 6.08 Å². The highest BCUT2D eigenvalue weighted by molar-refractivity contribution is 5.88. The highest BCUT2D eigenvalue weighted by Gasteiger charge is 2.12. The van der Waals surface area contributed by atoms with Gasteiger partial charge in [-0.25, -0.2) is 9.78 Å². The Balaban J connectivity index is 1.93. The number of methoxy groups -OCH3 is 1. The molecule has 0 amide bonds. The molecule has 1 heterocycles. The molecule has 0 radical (unpaired) electrons. The van der Waals surface area contributed by atoms with Gasteiger partial charge in [0, 0.05) is 6.20 Å². The number of benzene rings is 1. The van der Waals surface area contributed by atoms with Crippen molar-refractivity contribution < 1.29 is 24.1 Å². The third-order valence-electron chi connectivity index (χ3n) is 3.00. The summed E-state index contributed by atoms with van der Waals surface area (Å²) in [4.78, 5) is 14.8. The van der Waals surface area contributed by atoms with Crippen molar-refractivity contribution in [2.24, 2.45) is 0 Å². The molecule has 0 aliphatic rings. The van der Waals surface area contributed by atoms with Gasteiger partial charge in [-0.15, -0.1) is 0 Å². The van der Waals surface area contributed by atoms with E-state index in [4.69, 9.17) is 19.3 Å². The molecule has 0 bridgehead atoms. The van der Waals surface area contributed by atoms with E-state index in [9.17, 15) is 4.79 Å². The fourth-order valence-electron chi connectivity index (χ4n) is 1.90. The Morgan fingerprint density at radius 2 is 1.96 bits per heavy atom. The Hall–Kier alpha value is -3.02. The SMILES string of the molecule is C=Cc1ccc(OCCOc2cccnc2C(=O)O)c(OC)c1. The summed E-state index contributed by atoms with van der Waals surface area (Å²) in [5.41, 5.74) is 0.798. The maximum atomic E-state index is 11.0. The Morgan fingerprint density at radius 1 is 1.22 bits per heavy atom. The van der Waals surface area contributed by atoms with Crippen molar-refractivity contribution in [2.75, 3.05) is 20.3 Å². The molecule has 0 saturated carbocycles. The molecule has 1 N–H and O–H groups in total. The first kappa shape index (κ1) is 16.4. The van der Waals surface area contributed by atoms with Gasteiger partial charge in [-0.2, -0.15) is 0 Å². The van der Waals surface area contributed by atoms with Crippen LogP contribution in [0, 0.1) is 0 Å². The van der Waals surface area contributed by atoms with E-state index in [1.54, 1.807) is 31.4 Å². The normalized spacial score (nSPS) is 9.96. The number of hydrogen-bond acceptors (Lipinski definition) is 5. The van der Waals surface area contributed by atoms with E-state index >= 15 is 0 Å². The van der Waals surface area contributed by atoms with Crippen LogP contribution in [0.1, 0.15) is 16.1 Å². The average Bonchev–Trinajstić information content (AvgIpc) is 2.58. The lowest BCUT2D eigenvalue weighted by Crippen LogP contribution is -2.12. The summed E-state index contributed by atoms with van der Waals surface area (Å²) < 4.78 is 16.3. The highest BCUT2D eigenvalue weighted by atomic mass is 16.5. The van der Waals surface area contributed by atoms with Crippen molar-refractivity contribution in [1.29, 1.82) is 0 Å². The molecular formula is C17H17NO5. The van der Waals surface area contributed by atoms with E-state index in [1.165, 1.54) is 6.20 Å². The summed E-state index contributed by atoms with van der Waals surface area (Å²) in [6, 6.07) is 8.61. The standard InChI is InChI=1S/C17H17NO5/c1-3-12-6-7-13(15(11-12)21-2)22-9-10-23-14-5-4-8-18-16(14)17(19)20/h3-8,11H,1,9-10H2,2H3,(H,19,20). The molecule has 6 heteroatoms. The second kappa shape index (κ2) is 7.84. The molecule has 23 heavy (non-hydrogen) atoms. The van der Waals surface area contributed by atoms with Gasteiger partial charge in [0.1, 0.15) is 13.2 Å². The number of ether oxygens (including phenoxy) is 3. The maximum Gasteiger partial charge on any atom is 0.358 e. The number of rotatable bonds is 8. The van der Waals surface area contributed by atoms with Crippen LogP contribution in [0.3, 0.4) is 0 Å². The van der Waals surface area contributed by atoms with Crippen molar-refractivity contribution in [1.82, 2.24) is 4.98 Å². The predicted molar refractivity (Wildman–Crippen MR) is 85.3 cm³/mol. The van der Waals surface area contributed by atoms with E-state index in [2.05, 4.69) is 11.6 Å². The zero-order valence-electron chi connectivity index (χ0n) is 12.7. The molecule has 6 nitrogen and oxygen atoms in total. The Kier molecular flexibility index (Phi) is 5.57. The number of nitrogens with zero attached hydrogens (tertiary/aromatic N) is 1. The lowest BCUT2D eigenvalue weighted by molar-refractivity contribution is 0.0684. The van der Waals surface area contributed by atoms with Crippen molar-refractivity contribution in [2.45, 2.75) is 0 Å². The second-order valence-corrected chi connectivity index (χ2v) is 4.47. The van der Waals surface area contributed by atoms with Gasteiger partial charge >= 0.3 is 5.97 Å². The predicted octanol–water partition coefficient (Wildman–Crippen LogP) is 2.89. The zero-order chi connectivity index (χ0) is 16.7. The highest BCUT2D eigenvalue weighted by Crippen LogP contribution is 2.28. The van der Waals surface area contributed by atoms with Crippen LogP contribution in [0.4, 0.5) is 0 Å². The van der Waals surface area contributed by atoms with Crippen LogP contribution >= 0.6 is 0 Å². The summed E-state index contributed by atoms with van der Waals surface area (Å²) in [7, 11) is 1.56. The summed E-state index contributed by atoms with van der Waals surface area (Å²) >= 11 is 0. The maximum absolute atomic E-state index is 11.0. The minimum atomic E-state index is -1.14. The van der Waals surface area contributed by atoms with Crippen LogP contribution in [0.15, 0.2) is 43.1 Å². The third kappa shape index (κ3) is 4.23. The van der Waals surface area contributed by atoms with E-state index in [-0.39, 0.29) is 24.7 Å². The minimum absolute atomic E-state index is 0.125. The number of carbonyl (C=O) groups is 1. The number of aromatic carboxylic acids is 1. The first-order valence-electron chi connectivity index (χ1n) is 6.90. The summed E-state index contributed by atoms with van der Waals surface area (Å²) in [5.74, 6) is 0.238. The lowest BCUT2D eigenvalue weighted by atomic mass is 10.2. The van der Waals surface area contributed by atoms with Crippen molar-refractivity contribution >= 4 is 12.0 Å². The molecule has 0 unspecified atom stereocenters. The fourth-order valence-corrected chi connectivity index (χ4v) is 1.90. The topological polar surface area (TPSA) is 77.9 Å². The van der Waals surface area contributed by atoms with Crippen LogP contribution in [-0.4, -0.2) is 36.4 Å². The van der Waals surface area contributed by atoms with Gasteiger partial charge < -0.3 is 19.3 Å². The molecule has 0 spiro atoms. The van der Waals surface area contributed by atoms with Crippen molar-refractivity contribution in [3.63, 3.8) is 0 Å². The van der Waals surface area contributed by atoms with E-state index in [1.807, 2.05) is 12.1 Å². The molecule has 2 rings (SSSR count). The number of carboxylic acids is 1. The van der Waals surface area contributed by atoms with Crippen molar-refractivity contribution in [3.8, 4) is 17.2 Å². The minimum Gasteiger partial charge on any atom is -0.493 e. The molecule has 0 atom stereocenters. The monoisotopic (exact) mass is 315 g/mol. The lowest BCUT2D eigenvalue weighted by Gasteiger charge is -2.12. The molecule has 0 aliphatic heterocycles. The summed E-state index contributed by atoms with van der Waals surface area (Å²) in [5, 5.41) is 9.02. The first-order valence-corrected chi connectivity index (χ1v) is 6.90. The Labute approximate surface area is 134 Å². The largest absolute Gasteiger partial charge is 0.493 e. The quantitative estimate of drug-likeness (QED) is 0.755. The summed E-state index contributed by atoms with van der Waals surface area (Å²) in [6.45, 7) is 4.11. The Morgan fingerprint density at radius 3 is 2.61 bits per heavy atom. The molecule has 2 aromatic rings. The van der Waals surface area contributed by atoms with Gasteiger partial charge in [0.05, 0.1) is 7.11 Å². The molecule has 1 aromatic heterocycles. The third-order valence-corrected chi connectivity index (χ3v) is 3.00. The number of carboxylic acid groups (broad SMARTS) is 1. The fraction of sp³-hybridized carbons (Fsp3) is 0.176. The van der Waals surface area contributed by atoms with Gasteiger partial charge in [-0.3, -0.25) is 0 Å². The van der Waals surface area contributed by atoms with Gasteiger partial charge in [0.2, 0.25) is 0 Å². The zero-order valence-corrected chi connectivity index (χ0v) is 12.7. The van der Waals surface area contributed by atoms with Crippen LogP contribution in [-0.2, 0) is 0 Å². The molecule has 0 aliphatic carbocycles. The van der Waals surface area contributed by atoms with Crippen LogP contribution in [0.2, 0.25) is 0 Å². The van der Waals surface area contributed by atoms with Crippen LogP contribution in [0.5, 0.6) is 17.2 Å². The van der Waals surface area contributed by atoms with Gasteiger partial charge in [-0.05, 0) is 29.8 Å². The first-order chi connectivity index (χ1) is 11.2. The average molecular weight is 315 g/mol. The molecule has 1 aromatic carbocycles. The molecule has 0 saturated heterocycles. The van der Waals surface area contributed by atoms with E-state index in [0.717, 1.165) is 5.56 Å². The van der Waals surface area contributed by atoms with Gasteiger partial charge in [0.15, 0.2) is 22.9 Å². The van der Waals surface area contributed by atoms with E-state index < -0.39 is 5.97 Å². The van der Waals surface area contributed by atoms with E-state index in [0.29, 0.717) is 11.5 Å². The molecule has 120 valence electrons. The second-order valence-electron chi connectivity index (χ2n) is 4.47. The number of pyridine rings is 1. The molecule has 0 fully saturated rings. The smallest absolute Gasteiger partial charge is 0.358 e. The number of hydrogen-bond donors (Lipinski definition) is 1. The van der Waals surface area contributed by atoms with Gasteiger partial charge in [-0.1, -0.05) is 18.7 Å². The van der Waals surface area contributed by atoms with Crippen molar-refractivity contribution in [3.05, 3.63) is 54.4 Å².